The number of hydrogen-bond acceptors (Lipinski definition) is 4. The maximum atomic E-state index is 12.0. The molecule has 0 saturated carbocycles. The summed E-state index contributed by atoms with van der Waals surface area (Å²) in [5.74, 6) is -0.969. The van der Waals surface area contributed by atoms with E-state index in [0.717, 1.165) is 11.3 Å². The maximum absolute atomic E-state index is 12.0. The topological polar surface area (TPSA) is 85.1 Å². The molecule has 0 aliphatic rings. The monoisotopic (exact) mass is 295 g/mol. The second-order valence-electron chi connectivity index (χ2n) is 3.76. The number of nitrogens with zero attached hydrogens (tertiary/aromatic N) is 1. The smallest absolute Gasteiger partial charge is 0.277 e. The van der Waals surface area contributed by atoms with Crippen molar-refractivity contribution in [1.82, 2.24) is 4.98 Å². The number of benzene rings is 1. The van der Waals surface area contributed by atoms with Gasteiger partial charge >= 0.3 is 0 Å². The van der Waals surface area contributed by atoms with Gasteiger partial charge in [-0.05, 0) is 31.2 Å². The van der Waals surface area contributed by atoms with Crippen LogP contribution in [-0.4, -0.2) is 16.8 Å². The van der Waals surface area contributed by atoms with E-state index in [1.54, 1.807) is 31.2 Å². The molecule has 0 radical (unpaired) electrons. The number of hydrogen-bond donors (Lipinski definition) is 2. The van der Waals surface area contributed by atoms with Crippen molar-refractivity contribution in [3.63, 3.8) is 0 Å². The van der Waals surface area contributed by atoms with Crippen LogP contribution in [0.4, 0.5) is 5.69 Å². The van der Waals surface area contributed by atoms with Crippen molar-refractivity contribution in [3.8, 4) is 0 Å². The van der Waals surface area contributed by atoms with E-state index in [9.17, 15) is 9.59 Å². The van der Waals surface area contributed by atoms with Gasteiger partial charge < -0.3 is 11.1 Å². The quantitative estimate of drug-likeness (QED) is 0.912. The van der Waals surface area contributed by atoms with E-state index >= 15 is 0 Å². The molecule has 5 nitrogen and oxygen atoms in total. The lowest BCUT2D eigenvalue weighted by Gasteiger charge is -2.03. The lowest BCUT2D eigenvalue weighted by molar-refractivity contribution is 0.0997. The minimum atomic E-state index is -0.640. The van der Waals surface area contributed by atoms with Crippen LogP contribution in [0.1, 0.15) is 25.2 Å². The van der Waals surface area contributed by atoms with E-state index in [0.29, 0.717) is 21.3 Å². The van der Waals surface area contributed by atoms with Crippen molar-refractivity contribution in [2.45, 2.75) is 6.92 Å². The fourth-order valence-corrected chi connectivity index (χ4v) is 2.37. The number of amides is 2. The Bertz CT molecular complexity index is 637. The van der Waals surface area contributed by atoms with E-state index in [1.807, 2.05) is 0 Å². The summed E-state index contributed by atoms with van der Waals surface area (Å²) in [7, 11) is 0. The van der Waals surface area contributed by atoms with Gasteiger partial charge in [0.1, 0.15) is 4.88 Å². The van der Waals surface area contributed by atoms with Crippen LogP contribution in [0.3, 0.4) is 0 Å². The molecule has 0 spiro atoms. The minimum absolute atomic E-state index is 0.124. The number of rotatable bonds is 3. The van der Waals surface area contributed by atoms with Gasteiger partial charge in [0.15, 0.2) is 5.01 Å². The van der Waals surface area contributed by atoms with Crippen LogP contribution in [0.5, 0.6) is 0 Å². The molecule has 0 atom stereocenters. The largest absolute Gasteiger partial charge is 0.364 e. The third-order valence-corrected chi connectivity index (χ3v) is 3.74. The Balaban J connectivity index is 2.20. The summed E-state index contributed by atoms with van der Waals surface area (Å²) >= 11 is 6.73. The number of carbonyl (C=O) groups excluding carboxylic acids is 2. The molecule has 2 amide bonds. The second-order valence-corrected chi connectivity index (χ2v) is 5.19. The van der Waals surface area contributed by atoms with Crippen LogP contribution in [0, 0.1) is 6.92 Å². The minimum Gasteiger partial charge on any atom is -0.364 e. The summed E-state index contributed by atoms with van der Waals surface area (Å²) in [5.41, 5.74) is 6.22. The van der Waals surface area contributed by atoms with Crippen molar-refractivity contribution in [2.24, 2.45) is 5.73 Å². The molecule has 0 unspecified atom stereocenters. The van der Waals surface area contributed by atoms with Crippen LogP contribution < -0.4 is 11.1 Å². The van der Waals surface area contributed by atoms with Crippen LogP contribution in [0.15, 0.2) is 24.3 Å². The van der Waals surface area contributed by atoms with Gasteiger partial charge in [-0.3, -0.25) is 9.59 Å². The SMILES string of the molecule is Cc1nc(C(N)=O)sc1C(=O)Nc1ccc(Cl)cc1. The first-order valence-electron chi connectivity index (χ1n) is 5.31. The van der Waals surface area contributed by atoms with E-state index in [1.165, 1.54) is 0 Å². The molecule has 7 heteroatoms. The molecule has 1 aromatic carbocycles. The molecular formula is C12H10ClN3O2S. The zero-order valence-electron chi connectivity index (χ0n) is 9.94. The standard InChI is InChI=1S/C12H10ClN3O2S/c1-6-9(19-12(15-6)10(14)17)11(18)16-8-4-2-7(13)3-5-8/h2-5H,1H3,(H2,14,17)(H,16,18). The highest BCUT2D eigenvalue weighted by atomic mass is 35.5. The summed E-state index contributed by atoms with van der Waals surface area (Å²) in [4.78, 5) is 27.4. The molecule has 2 aromatic rings. The van der Waals surface area contributed by atoms with Gasteiger partial charge in [-0.2, -0.15) is 0 Å². The number of carbonyl (C=O) groups is 2. The Kier molecular flexibility index (Phi) is 3.82. The van der Waals surface area contributed by atoms with Gasteiger partial charge in [0, 0.05) is 10.7 Å². The number of nitrogens with two attached hydrogens (primary N) is 1. The zero-order chi connectivity index (χ0) is 14.0. The first-order chi connectivity index (χ1) is 8.97. The van der Waals surface area contributed by atoms with Crippen molar-refractivity contribution in [2.75, 3.05) is 5.32 Å². The molecule has 0 fully saturated rings. The van der Waals surface area contributed by atoms with Gasteiger partial charge in [0.05, 0.1) is 5.69 Å². The van der Waals surface area contributed by atoms with Crippen molar-refractivity contribution < 1.29 is 9.59 Å². The number of aromatic nitrogens is 1. The maximum Gasteiger partial charge on any atom is 0.277 e. The van der Waals surface area contributed by atoms with Gasteiger partial charge in [-0.15, -0.1) is 11.3 Å². The highest BCUT2D eigenvalue weighted by Crippen LogP contribution is 2.20. The van der Waals surface area contributed by atoms with Crippen molar-refractivity contribution in [3.05, 3.63) is 44.9 Å². The average Bonchev–Trinajstić information content (AvgIpc) is 2.74. The Morgan fingerprint density at radius 2 is 1.95 bits per heavy atom. The van der Waals surface area contributed by atoms with Crippen LogP contribution in [0.2, 0.25) is 5.02 Å². The number of anilines is 1. The highest BCUT2D eigenvalue weighted by molar-refractivity contribution is 7.15. The summed E-state index contributed by atoms with van der Waals surface area (Å²) < 4.78 is 0. The lowest BCUT2D eigenvalue weighted by atomic mass is 10.3. The normalized spacial score (nSPS) is 10.2. The Morgan fingerprint density at radius 1 is 1.32 bits per heavy atom. The molecule has 0 saturated heterocycles. The predicted octanol–water partition coefficient (Wildman–Crippen LogP) is 2.46. The number of aryl methyl sites for hydroxylation is 1. The molecule has 0 aliphatic carbocycles. The Labute approximate surface area is 118 Å². The fourth-order valence-electron chi connectivity index (χ4n) is 1.43. The predicted molar refractivity (Wildman–Crippen MR) is 74.8 cm³/mol. The molecule has 3 N–H and O–H groups in total. The zero-order valence-corrected chi connectivity index (χ0v) is 11.5. The molecule has 0 bridgehead atoms. The molecule has 19 heavy (non-hydrogen) atoms. The van der Waals surface area contributed by atoms with Crippen LogP contribution in [0.25, 0.3) is 0 Å². The summed E-state index contributed by atoms with van der Waals surface area (Å²) in [6.45, 7) is 1.65. The average molecular weight is 296 g/mol. The summed E-state index contributed by atoms with van der Waals surface area (Å²) in [6.07, 6.45) is 0. The number of nitrogens with one attached hydrogen (secondary N) is 1. The third-order valence-electron chi connectivity index (χ3n) is 2.32. The van der Waals surface area contributed by atoms with Gasteiger partial charge in [0.25, 0.3) is 11.8 Å². The van der Waals surface area contributed by atoms with E-state index in [2.05, 4.69) is 10.3 Å². The van der Waals surface area contributed by atoms with Gasteiger partial charge in [-0.25, -0.2) is 4.98 Å². The molecule has 1 aromatic heterocycles. The van der Waals surface area contributed by atoms with Crippen LogP contribution in [-0.2, 0) is 0 Å². The summed E-state index contributed by atoms with van der Waals surface area (Å²) in [5, 5.41) is 3.41. The first-order valence-corrected chi connectivity index (χ1v) is 6.51. The van der Waals surface area contributed by atoms with Gasteiger partial charge in [-0.1, -0.05) is 11.6 Å². The number of primary amides is 1. The molecule has 98 valence electrons. The summed E-state index contributed by atoms with van der Waals surface area (Å²) in [6, 6.07) is 6.72. The van der Waals surface area contributed by atoms with Crippen LogP contribution >= 0.6 is 22.9 Å². The van der Waals surface area contributed by atoms with E-state index < -0.39 is 5.91 Å². The van der Waals surface area contributed by atoms with Crippen molar-refractivity contribution in [1.29, 1.82) is 0 Å². The highest BCUT2D eigenvalue weighted by Gasteiger charge is 2.17. The Hall–Kier alpha value is -1.92. The molecule has 0 aliphatic heterocycles. The second kappa shape index (κ2) is 5.38. The molecule has 2 rings (SSSR count). The third kappa shape index (κ3) is 3.10. The fraction of sp³-hybridized carbons (Fsp3) is 0.0833. The van der Waals surface area contributed by atoms with Gasteiger partial charge in [0.2, 0.25) is 0 Å². The number of thiazole rings is 1. The first kappa shape index (κ1) is 13.5. The van der Waals surface area contributed by atoms with E-state index in [-0.39, 0.29) is 10.9 Å². The lowest BCUT2D eigenvalue weighted by Crippen LogP contribution is -2.11. The number of halogens is 1. The molecular weight excluding hydrogens is 286 g/mol. The Morgan fingerprint density at radius 3 is 2.47 bits per heavy atom. The van der Waals surface area contributed by atoms with E-state index in [4.69, 9.17) is 17.3 Å². The van der Waals surface area contributed by atoms with Crippen molar-refractivity contribution >= 4 is 40.4 Å². The molecule has 1 heterocycles.